The molecule has 0 aliphatic rings. The molecule has 2 aromatic heterocycles. The van der Waals surface area contributed by atoms with Crippen LogP contribution in [0.3, 0.4) is 0 Å². The third-order valence-corrected chi connectivity index (χ3v) is 3.08. The lowest BCUT2D eigenvalue weighted by atomic mass is 10.1. The maximum absolute atomic E-state index is 5.43. The Balaban J connectivity index is 2.32. The molecule has 0 saturated carbocycles. The zero-order chi connectivity index (χ0) is 10.5. The lowest BCUT2D eigenvalue weighted by Gasteiger charge is -1.91. The van der Waals surface area contributed by atoms with Crippen molar-refractivity contribution in [2.24, 2.45) is 0 Å². The third kappa shape index (κ3) is 0.910. The summed E-state index contributed by atoms with van der Waals surface area (Å²) in [5, 5.41) is 3.60. The van der Waals surface area contributed by atoms with Gasteiger partial charge in [0.15, 0.2) is 0 Å². The molecule has 0 saturated heterocycles. The minimum absolute atomic E-state index is 0.942. The Labute approximate surface area is 91.5 Å². The van der Waals surface area contributed by atoms with Crippen LogP contribution in [0.2, 0.25) is 0 Å². The first-order valence-electron chi connectivity index (χ1n) is 5.29. The van der Waals surface area contributed by atoms with E-state index in [2.05, 4.69) is 35.3 Å². The summed E-state index contributed by atoms with van der Waals surface area (Å²) in [7, 11) is 0. The molecule has 1 N–H and O–H groups in total. The molecule has 0 radical (unpaired) electrons. The van der Waals surface area contributed by atoms with Gasteiger partial charge in [-0.25, -0.2) is 0 Å². The summed E-state index contributed by atoms with van der Waals surface area (Å²) in [6.45, 7) is 0. The van der Waals surface area contributed by atoms with Gasteiger partial charge in [0.05, 0.1) is 6.26 Å². The number of aromatic nitrogens is 1. The van der Waals surface area contributed by atoms with E-state index in [4.69, 9.17) is 4.42 Å². The van der Waals surface area contributed by atoms with Gasteiger partial charge in [-0.3, -0.25) is 0 Å². The van der Waals surface area contributed by atoms with Crippen LogP contribution < -0.4 is 0 Å². The number of para-hydroxylation sites is 1. The topological polar surface area (TPSA) is 28.9 Å². The predicted molar refractivity (Wildman–Crippen MR) is 65.6 cm³/mol. The van der Waals surface area contributed by atoms with Crippen molar-refractivity contribution in [3.8, 4) is 0 Å². The molecule has 0 aliphatic heterocycles. The second-order valence-electron chi connectivity index (χ2n) is 4.03. The summed E-state index contributed by atoms with van der Waals surface area (Å²) in [4.78, 5) is 3.42. The summed E-state index contributed by atoms with van der Waals surface area (Å²) >= 11 is 0. The van der Waals surface area contributed by atoms with E-state index in [9.17, 15) is 0 Å². The van der Waals surface area contributed by atoms with Gasteiger partial charge in [0.2, 0.25) is 0 Å². The molecule has 76 valence electrons. The number of furan rings is 1. The molecule has 4 rings (SSSR count). The van der Waals surface area contributed by atoms with E-state index in [-0.39, 0.29) is 0 Å². The minimum atomic E-state index is 0.942. The van der Waals surface area contributed by atoms with Crippen molar-refractivity contribution < 1.29 is 4.42 Å². The van der Waals surface area contributed by atoms with Crippen molar-refractivity contribution in [1.29, 1.82) is 0 Å². The smallest absolute Gasteiger partial charge is 0.134 e. The number of nitrogens with one attached hydrogen (secondary N) is 1. The van der Waals surface area contributed by atoms with Gasteiger partial charge in [-0.1, -0.05) is 18.2 Å². The Morgan fingerprint density at radius 1 is 0.875 bits per heavy atom. The molecule has 2 heteroatoms. The van der Waals surface area contributed by atoms with Crippen molar-refractivity contribution >= 4 is 32.8 Å². The molecule has 2 aromatic carbocycles. The molecular formula is C14H9NO. The number of hydrogen-bond acceptors (Lipinski definition) is 1. The van der Waals surface area contributed by atoms with Crippen LogP contribution in [0.15, 0.2) is 53.1 Å². The Kier molecular flexibility index (Phi) is 1.33. The number of rotatable bonds is 0. The maximum atomic E-state index is 5.43. The van der Waals surface area contributed by atoms with Gasteiger partial charge < -0.3 is 9.40 Å². The normalized spacial score (nSPS) is 11.8. The average molecular weight is 207 g/mol. The summed E-state index contributed by atoms with van der Waals surface area (Å²) in [5.74, 6) is 0. The Bertz CT molecular complexity index is 807. The van der Waals surface area contributed by atoms with Crippen LogP contribution in [0.25, 0.3) is 32.8 Å². The molecule has 0 amide bonds. The first kappa shape index (κ1) is 7.99. The van der Waals surface area contributed by atoms with Crippen LogP contribution in [0.5, 0.6) is 0 Å². The number of fused-ring (bicyclic) bond motifs is 4. The molecule has 4 aromatic rings. The van der Waals surface area contributed by atoms with Crippen LogP contribution in [0.4, 0.5) is 0 Å². The quantitative estimate of drug-likeness (QED) is 0.462. The zero-order valence-electron chi connectivity index (χ0n) is 8.53. The summed E-state index contributed by atoms with van der Waals surface area (Å²) in [5.41, 5.74) is 3.28. The molecule has 16 heavy (non-hydrogen) atoms. The molecular weight excluding hydrogens is 198 g/mol. The molecule has 0 unspecified atom stereocenters. The monoisotopic (exact) mass is 207 g/mol. The summed E-state index contributed by atoms with van der Waals surface area (Å²) in [6.07, 6.45) is 1.73. The number of hydrogen-bond donors (Lipinski definition) is 1. The van der Waals surface area contributed by atoms with Crippen molar-refractivity contribution in [3.05, 3.63) is 48.7 Å². The van der Waals surface area contributed by atoms with Crippen LogP contribution in [0, 0.1) is 0 Å². The van der Waals surface area contributed by atoms with Gasteiger partial charge in [-0.2, -0.15) is 0 Å². The lowest BCUT2D eigenvalue weighted by molar-refractivity contribution is 0.616. The summed E-state index contributed by atoms with van der Waals surface area (Å²) < 4.78 is 5.43. The summed E-state index contributed by atoms with van der Waals surface area (Å²) in [6, 6.07) is 14.5. The van der Waals surface area contributed by atoms with E-state index >= 15 is 0 Å². The molecule has 2 nitrogen and oxygen atoms in total. The van der Waals surface area contributed by atoms with Gasteiger partial charge in [-0.05, 0) is 24.3 Å². The molecule has 0 aliphatic carbocycles. The third-order valence-electron chi connectivity index (χ3n) is 3.08. The van der Waals surface area contributed by atoms with Crippen LogP contribution in [-0.2, 0) is 0 Å². The standard InChI is InChI=1S/C14H9NO/c1-2-4-12-10(3-1)11-8-14-9(5-6-16-14)7-13(11)15-12/h1-8,15H. The highest BCUT2D eigenvalue weighted by Gasteiger charge is 2.06. The van der Waals surface area contributed by atoms with Gasteiger partial charge in [0.1, 0.15) is 5.58 Å². The lowest BCUT2D eigenvalue weighted by Crippen LogP contribution is -1.67. The van der Waals surface area contributed by atoms with Gasteiger partial charge >= 0.3 is 0 Å². The Morgan fingerprint density at radius 3 is 2.81 bits per heavy atom. The van der Waals surface area contributed by atoms with Crippen molar-refractivity contribution in [2.45, 2.75) is 0 Å². The molecule has 0 bridgehead atoms. The van der Waals surface area contributed by atoms with Crippen molar-refractivity contribution in [2.75, 3.05) is 0 Å². The van der Waals surface area contributed by atoms with E-state index in [0.29, 0.717) is 0 Å². The fraction of sp³-hybridized carbons (Fsp3) is 0. The van der Waals surface area contributed by atoms with E-state index in [0.717, 1.165) is 16.5 Å². The van der Waals surface area contributed by atoms with Gasteiger partial charge in [0.25, 0.3) is 0 Å². The van der Waals surface area contributed by atoms with Crippen LogP contribution >= 0.6 is 0 Å². The predicted octanol–water partition coefficient (Wildman–Crippen LogP) is 4.07. The SMILES string of the molecule is c1ccc2c(c1)[nH]c1cc3ccoc3cc12. The Morgan fingerprint density at radius 2 is 1.81 bits per heavy atom. The van der Waals surface area contributed by atoms with Crippen molar-refractivity contribution in [1.82, 2.24) is 4.98 Å². The number of aromatic amines is 1. The Hall–Kier alpha value is -2.22. The second kappa shape index (κ2) is 2.67. The van der Waals surface area contributed by atoms with E-state index < -0.39 is 0 Å². The largest absolute Gasteiger partial charge is 0.464 e. The molecule has 2 heterocycles. The van der Waals surface area contributed by atoms with Gasteiger partial charge in [-0.15, -0.1) is 0 Å². The fourth-order valence-electron chi connectivity index (χ4n) is 2.31. The number of H-pyrrole nitrogens is 1. The average Bonchev–Trinajstić information content (AvgIpc) is 2.88. The first-order valence-corrected chi connectivity index (χ1v) is 5.29. The molecule has 0 atom stereocenters. The second-order valence-corrected chi connectivity index (χ2v) is 4.03. The fourth-order valence-corrected chi connectivity index (χ4v) is 2.31. The van der Waals surface area contributed by atoms with E-state index in [1.54, 1.807) is 6.26 Å². The molecule has 0 spiro atoms. The van der Waals surface area contributed by atoms with Crippen LogP contribution in [0.1, 0.15) is 0 Å². The number of benzene rings is 2. The van der Waals surface area contributed by atoms with E-state index in [1.807, 2.05) is 12.1 Å². The van der Waals surface area contributed by atoms with E-state index in [1.165, 1.54) is 16.3 Å². The highest BCUT2D eigenvalue weighted by molar-refractivity contribution is 6.11. The van der Waals surface area contributed by atoms with Gasteiger partial charge in [0, 0.05) is 27.2 Å². The van der Waals surface area contributed by atoms with Crippen LogP contribution in [-0.4, -0.2) is 4.98 Å². The zero-order valence-corrected chi connectivity index (χ0v) is 8.53. The highest BCUT2D eigenvalue weighted by atomic mass is 16.3. The molecule has 0 fully saturated rings. The highest BCUT2D eigenvalue weighted by Crippen LogP contribution is 2.29. The first-order chi connectivity index (χ1) is 7.92. The maximum Gasteiger partial charge on any atom is 0.134 e. The minimum Gasteiger partial charge on any atom is -0.464 e. The van der Waals surface area contributed by atoms with Crippen molar-refractivity contribution in [3.63, 3.8) is 0 Å².